The van der Waals surface area contributed by atoms with E-state index in [0.717, 1.165) is 12.5 Å². The fourth-order valence-corrected chi connectivity index (χ4v) is 3.67. The van der Waals surface area contributed by atoms with Crippen LogP contribution in [-0.2, 0) is 6.54 Å². The van der Waals surface area contributed by atoms with E-state index in [1.54, 1.807) is 0 Å². The first-order valence-corrected chi connectivity index (χ1v) is 7.41. The Kier molecular flexibility index (Phi) is 2.82. The summed E-state index contributed by atoms with van der Waals surface area (Å²) >= 11 is 0. The van der Waals surface area contributed by atoms with Crippen molar-refractivity contribution in [2.45, 2.75) is 25.4 Å². The molecule has 1 aromatic carbocycles. The van der Waals surface area contributed by atoms with Crippen molar-refractivity contribution in [2.24, 2.45) is 5.92 Å². The number of fused-ring (bicyclic) bond motifs is 4. The van der Waals surface area contributed by atoms with Crippen molar-refractivity contribution in [1.29, 1.82) is 0 Å². The van der Waals surface area contributed by atoms with Crippen LogP contribution in [-0.4, -0.2) is 35.6 Å². The Morgan fingerprint density at radius 1 is 1.21 bits per heavy atom. The zero-order valence-corrected chi connectivity index (χ0v) is 11.2. The van der Waals surface area contributed by atoms with E-state index in [9.17, 15) is 0 Å². The molecule has 19 heavy (non-hydrogen) atoms. The van der Waals surface area contributed by atoms with Gasteiger partial charge in [-0.3, -0.25) is 0 Å². The molecule has 3 saturated heterocycles. The number of benzene rings is 1. The Labute approximate surface area is 114 Å². The maximum atomic E-state index is 3.76. The maximum Gasteiger partial charge on any atom is 0.0456 e. The summed E-state index contributed by atoms with van der Waals surface area (Å²) in [5.41, 5.74) is 2.55. The number of aromatic amines is 1. The van der Waals surface area contributed by atoms with Crippen LogP contribution < -0.4 is 5.32 Å². The SMILES string of the molecule is c1ccc2[nH]c(CNC3CN4CCC3CC4)cc2c1. The second-order valence-electron chi connectivity index (χ2n) is 6.01. The van der Waals surface area contributed by atoms with Crippen molar-refractivity contribution in [1.82, 2.24) is 15.2 Å². The topological polar surface area (TPSA) is 31.1 Å². The van der Waals surface area contributed by atoms with Crippen molar-refractivity contribution in [3.63, 3.8) is 0 Å². The van der Waals surface area contributed by atoms with Crippen LogP contribution in [0.15, 0.2) is 30.3 Å². The van der Waals surface area contributed by atoms with Gasteiger partial charge in [0.1, 0.15) is 0 Å². The lowest BCUT2D eigenvalue weighted by Crippen LogP contribution is -2.55. The zero-order chi connectivity index (χ0) is 12.7. The fourth-order valence-electron chi connectivity index (χ4n) is 3.67. The molecule has 0 radical (unpaired) electrons. The third-order valence-electron chi connectivity index (χ3n) is 4.80. The van der Waals surface area contributed by atoms with Gasteiger partial charge in [-0.05, 0) is 49.4 Å². The average Bonchev–Trinajstić information content (AvgIpc) is 2.89. The normalized spacial score (nSPS) is 30.0. The van der Waals surface area contributed by atoms with Gasteiger partial charge in [-0.25, -0.2) is 0 Å². The van der Waals surface area contributed by atoms with Crippen LogP contribution in [0.4, 0.5) is 0 Å². The third-order valence-corrected chi connectivity index (χ3v) is 4.80. The minimum absolute atomic E-state index is 0.689. The van der Waals surface area contributed by atoms with Gasteiger partial charge in [0, 0.05) is 30.3 Å². The molecule has 0 saturated carbocycles. The van der Waals surface area contributed by atoms with Crippen LogP contribution in [0.1, 0.15) is 18.5 Å². The van der Waals surface area contributed by atoms with Crippen molar-refractivity contribution in [2.75, 3.05) is 19.6 Å². The second kappa shape index (κ2) is 4.66. The van der Waals surface area contributed by atoms with Gasteiger partial charge in [0.15, 0.2) is 0 Å². The van der Waals surface area contributed by atoms with Gasteiger partial charge in [-0.1, -0.05) is 18.2 Å². The number of hydrogen-bond acceptors (Lipinski definition) is 2. The summed E-state index contributed by atoms with van der Waals surface area (Å²) in [5.74, 6) is 0.898. The highest BCUT2D eigenvalue weighted by Gasteiger charge is 2.33. The number of hydrogen-bond donors (Lipinski definition) is 2. The summed E-state index contributed by atoms with van der Waals surface area (Å²) in [7, 11) is 0. The second-order valence-corrected chi connectivity index (χ2v) is 6.01. The molecule has 5 rings (SSSR count). The van der Waals surface area contributed by atoms with Crippen LogP contribution in [0.3, 0.4) is 0 Å². The molecule has 0 spiro atoms. The molecule has 3 fully saturated rings. The lowest BCUT2D eigenvalue weighted by atomic mass is 9.84. The van der Waals surface area contributed by atoms with E-state index < -0.39 is 0 Å². The molecule has 2 aromatic rings. The van der Waals surface area contributed by atoms with Gasteiger partial charge >= 0.3 is 0 Å². The minimum Gasteiger partial charge on any atom is -0.357 e. The largest absolute Gasteiger partial charge is 0.357 e. The highest BCUT2D eigenvalue weighted by Crippen LogP contribution is 2.27. The number of aromatic nitrogens is 1. The number of nitrogens with zero attached hydrogens (tertiary/aromatic N) is 1. The molecule has 3 aliphatic rings. The highest BCUT2D eigenvalue weighted by molar-refractivity contribution is 5.80. The fraction of sp³-hybridized carbons (Fsp3) is 0.500. The Bertz CT molecular complexity index is 533. The monoisotopic (exact) mass is 255 g/mol. The van der Waals surface area contributed by atoms with Gasteiger partial charge in [-0.15, -0.1) is 0 Å². The van der Waals surface area contributed by atoms with Crippen molar-refractivity contribution < 1.29 is 0 Å². The van der Waals surface area contributed by atoms with Crippen molar-refractivity contribution in [3.8, 4) is 0 Å². The summed E-state index contributed by atoms with van der Waals surface area (Å²) in [6.07, 6.45) is 2.76. The molecule has 100 valence electrons. The first kappa shape index (κ1) is 11.5. The molecular weight excluding hydrogens is 234 g/mol. The first-order valence-electron chi connectivity index (χ1n) is 7.41. The molecule has 0 amide bonds. The van der Waals surface area contributed by atoms with Crippen LogP contribution in [0, 0.1) is 5.92 Å². The van der Waals surface area contributed by atoms with E-state index in [1.165, 1.54) is 49.1 Å². The molecule has 4 heterocycles. The molecule has 3 nitrogen and oxygen atoms in total. The Hall–Kier alpha value is -1.32. The van der Waals surface area contributed by atoms with E-state index in [-0.39, 0.29) is 0 Å². The molecule has 1 unspecified atom stereocenters. The first-order chi connectivity index (χ1) is 9.38. The molecule has 2 N–H and O–H groups in total. The third kappa shape index (κ3) is 2.17. The summed E-state index contributed by atoms with van der Waals surface area (Å²) in [4.78, 5) is 6.10. The predicted octanol–water partition coefficient (Wildman–Crippen LogP) is 2.35. The lowest BCUT2D eigenvalue weighted by molar-refractivity contribution is 0.0719. The summed E-state index contributed by atoms with van der Waals surface area (Å²) < 4.78 is 0. The number of piperidine rings is 3. The number of nitrogens with one attached hydrogen (secondary N) is 2. The van der Waals surface area contributed by atoms with Gasteiger partial charge in [0.2, 0.25) is 0 Å². The highest BCUT2D eigenvalue weighted by atomic mass is 15.2. The van der Waals surface area contributed by atoms with Gasteiger partial charge in [0.05, 0.1) is 0 Å². The van der Waals surface area contributed by atoms with Crippen LogP contribution in [0.25, 0.3) is 10.9 Å². The van der Waals surface area contributed by atoms with Crippen LogP contribution in [0.5, 0.6) is 0 Å². The average molecular weight is 255 g/mol. The van der Waals surface area contributed by atoms with Crippen LogP contribution in [0.2, 0.25) is 0 Å². The Morgan fingerprint density at radius 2 is 2.05 bits per heavy atom. The maximum absolute atomic E-state index is 3.76. The quantitative estimate of drug-likeness (QED) is 0.882. The number of H-pyrrole nitrogens is 1. The smallest absolute Gasteiger partial charge is 0.0456 e. The van der Waals surface area contributed by atoms with E-state index in [2.05, 4.69) is 45.5 Å². The number of rotatable bonds is 3. The van der Waals surface area contributed by atoms with Crippen molar-refractivity contribution in [3.05, 3.63) is 36.0 Å². The van der Waals surface area contributed by atoms with Gasteiger partial charge in [0.25, 0.3) is 0 Å². The molecular formula is C16H21N3. The molecule has 0 aliphatic carbocycles. The molecule has 3 heteroatoms. The van der Waals surface area contributed by atoms with E-state index >= 15 is 0 Å². The molecule has 3 aliphatic heterocycles. The Balaban J connectivity index is 1.44. The lowest BCUT2D eigenvalue weighted by Gasteiger charge is -2.45. The number of para-hydroxylation sites is 1. The van der Waals surface area contributed by atoms with Gasteiger partial charge < -0.3 is 15.2 Å². The molecule has 1 aromatic heterocycles. The Morgan fingerprint density at radius 3 is 2.79 bits per heavy atom. The van der Waals surface area contributed by atoms with E-state index in [1.807, 2.05) is 0 Å². The minimum atomic E-state index is 0.689. The van der Waals surface area contributed by atoms with Crippen molar-refractivity contribution >= 4 is 10.9 Å². The van der Waals surface area contributed by atoms with E-state index in [0.29, 0.717) is 6.04 Å². The zero-order valence-electron chi connectivity index (χ0n) is 11.2. The van der Waals surface area contributed by atoms with E-state index in [4.69, 9.17) is 0 Å². The summed E-state index contributed by atoms with van der Waals surface area (Å²) in [6, 6.07) is 11.5. The molecule has 1 atom stereocenters. The summed E-state index contributed by atoms with van der Waals surface area (Å²) in [5, 5.41) is 5.07. The predicted molar refractivity (Wildman–Crippen MR) is 78.1 cm³/mol. The van der Waals surface area contributed by atoms with Crippen LogP contribution >= 0.6 is 0 Å². The summed E-state index contributed by atoms with van der Waals surface area (Å²) in [6.45, 7) is 4.83. The van der Waals surface area contributed by atoms with Gasteiger partial charge in [-0.2, -0.15) is 0 Å². The standard InChI is InChI=1S/C16H21N3/c1-2-4-15-13(3-1)9-14(18-15)10-17-16-11-19-7-5-12(16)6-8-19/h1-4,9,12,16-18H,5-8,10-11H2. The molecule has 2 bridgehead atoms.